The maximum atomic E-state index is 11.1. The van der Waals surface area contributed by atoms with Crippen LogP contribution in [0.1, 0.15) is 17.5 Å². The van der Waals surface area contributed by atoms with E-state index in [1.54, 1.807) is 0 Å². The highest BCUT2D eigenvalue weighted by atomic mass is 35.5. The lowest BCUT2D eigenvalue weighted by Gasteiger charge is -2.12. The summed E-state index contributed by atoms with van der Waals surface area (Å²) < 4.78 is 11.2. The molecule has 98 valence electrons. The van der Waals surface area contributed by atoms with E-state index in [0.717, 1.165) is 29.0 Å². The number of benzene rings is 1. The lowest BCUT2D eigenvalue weighted by atomic mass is 10.1. The number of hydrogen-bond acceptors (Lipinski definition) is 3. The average Bonchev–Trinajstić information content (AvgIpc) is 2.60. The quantitative estimate of drug-likeness (QED) is 0.854. The Morgan fingerprint density at radius 2 is 2.00 bits per heavy atom. The van der Waals surface area contributed by atoms with E-state index >= 15 is 0 Å². The van der Waals surface area contributed by atoms with Crippen LogP contribution in [-0.4, -0.2) is 25.0 Å². The van der Waals surface area contributed by atoms with Crippen molar-refractivity contribution in [2.75, 3.05) is 19.1 Å². The van der Waals surface area contributed by atoms with Gasteiger partial charge in [0.2, 0.25) is 5.91 Å². The second-order valence-electron chi connectivity index (χ2n) is 4.19. The molecule has 1 aliphatic heterocycles. The van der Waals surface area contributed by atoms with E-state index in [4.69, 9.17) is 21.1 Å². The summed E-state index contributed by atoms with van der Waals surface area (Å²) >= 11 is 5.44. The molecule has 1 aliphatic rings. The van der Waals surface area contributed by atoms with Gasteiger partial charge >= 0.3 is 0 Å². The van der Waals surface area contributed by atoms with Crippen molar-refractivity contribution >= 4 is 17.5 Å². The Bertz CT molecular complexity index is 448. The van der Waals surface area contributed by atoms with Gasteiger partial charge in [0.25, 0.3) is 0 Å². The van der Waals surface area contributed by atoms with Gasteiger partial charge in [-0.05, 0) is 30.2 Å². The molecule has 0 atom stereocenters. The van der Waals surface area contributed by atoms with Gasteiger partial charge in [0, 0.05) is 13.0 Å². The fourth-order valence-corrected chi connectivity index (χ4v) is 1.88. The third-order valence-electron chi connectivity index (χ3n) is 2.80. The van der Waals surface area contributed by atoms with Gasteiger partial charge in [0.1, 0.15) is 5.88 Å². The minimum atomic E-state index is -0.178. The van der Waals surface area contributed by atoms with E-state index < -0.39 is 0 Å². The standard InChI is InChI=1S/C13H16ClNO3/c1-9-5-11-12(18-4-2-3-17-11)6-10(9)8-15-13(16)7-14/h5-6H,2-4,7-8H2,1H3,(H,15,16). The highest BCUT2D eigenvalue weighted by molar-refractivity contribution is 6.27. The zero-order valence-corrected chi connectivity index (χ0v) is 11.0. The van der Waals surface area contributed by atoms with Crippen molar-refractivity contribution < 1.29 is 14.3 Å². The molecule has 0 aromatic heterocycles. The van der Waals surface area contributed by atoms with Gasteiger partial charge in [-0.3, -0.25) is 4.79 Å². The number of amides is 1. The van der Waals surface area contributed by atoms with Gasteiger partial charge in [0.15, 0.2) is 11.5 Å². The number of rotatable bonds is 3. The number of nitrogens with one attached hydrogen (secondary N) is 1. The summed E-state index contributed by atoms with van der Waals surface area (Å²) in [6.07, 6.45) is 0.881. The fraction of sp³-hybridized carbons (Fsp3) is 0.462. The molecular weight excluding hydrogens is 254 g/mol. The van der Waals surface area contributed by atoms with E-state index in [9.17, 15) is 4.79 Å². The number of fused-ring (bicyclic) bond motifs is 1. The van der Waals surface area contributed by atoms with Crippen LogP contribution in [-0.2, 0) is 11.3 Å². The Labute approximate surface area is 111 Å². The van der Waals surface area contributed by atoms with Crippen LogP contribution in [0.2, 0.25) is 0 Å². The van der Waals surface area contributed by atoms with Crippen LogP contribution >= 0.6 is 11.6 Å². The fourth-order valence-electron chi connectivity index (χ4n) is 1.78. The average molecular weight is 270 g/mol. The molecular formula is C13H16ClNO3. The Balaban J connectivity index is 2.16. The first-order valence-electron chi connectivity index (χ1n) is 5.92. The lowest BCUT2D eigenvalue weighted by Crippen LogP contribution is -2.24. The number of ether oxygens (including phenoxy) is 2. The summed E-state index contributed by atoms with van der Waals surface area (Å²) in [6.45, 7) is 3.77. The van der Waals surface area contributed by atoms with Crippen molar-refractivity contribution in [3.05, 3.63) is 23.3 Å². The third-order valence-corrected chi connectivity index (χ3v) is 3.05. The molecule has 4 nitrogen and oxygen atoms in total. The molecule has 18 heavy (non-hydrogen) atoms. The zero-order chi connectivity index (χ0) is 13.0. The highest BCUT2D eigenvalue weighted by Crippen LogP contribution is 2.32. The largest absolute Gasteiger partial charge is 0.490 e. The Hall–Kier alpha value is -1.42. The molecule has 0 spiro atoms. The van der Waals surface area contributed by atoms with E-state index in [-0.39, 0.29) is 11.8 Å². The van der Waals surface area contributed by atoms with Crippen LogP contribution in [0.25, 0.3) is 0 Å². The van der Waals surface area contributed by atoms with Crippen molar-refractivity contribution in [1.29, 1.82) is 0 Å². The van der Waals surface area contributed by atoms with Gasteiger partial charge in [-0.15, -0.1) is 11.6 Å². The molecule has 2 rings (SSSR count). The number of alkyl halides is 1. The smallest absolute Gasteiger partial charge is 0.235 e. The summed E-state index contributed by atoms with van der Waals surface area (Å²) in [7, 11) is 0. The lowest BCUT2D eigenvalue weighted by molar-refractivity contribution is -0.118. The summed E-state index contributed by atoms with van der Waals surface area (Å²) in [6, 6.07) is 3.87. The van der Waals surface area contributed by atoms with E-state index in [0.29, 0.717) is 19.8 Å². The molecule has 0 fully saturated rings. The Morgan fingerprint density at radius 3 is 2.67 bits per heavy atom. The van der Waals surface area contributed by atoms with E-state index in [1.165, 1.54) is 0 Å². The molecule has 0 saturated heterocycles. The van der Waals surface area contributed by atoms with E-state index in [2.05, 4.69) is 5.32 Å². The molecule has 1 amide bonds. The predicted octanol–water partition coefficient (Wildman–Crippen LogP) is 2.01. The zero-order valence-electron chi connectivity index (χ0n) is 10.3. The second-order valence-corrected chi connectivity index (χ2v) is 4.45. The number of hydrogen-bond donors (Lipinski definition) is 1. The van der Waals surface area contributed by atoms with Crippen molar-refractivity contribution in [2.45, 2.75) is 19.9 Å². The monoisotopic (exact) mass is 269 g/mol. The molecule has 0 radical (unpaired) electrons. The predicted molar refractivity (Wildman–Crippen MR) is 69.4 cm³/mol. The topological polar surface area (TPSA) is 47.6 Å². The molecule has 1 heterocycles. The van der Waals surface area contributed by atoms with Gasteiger partial charge in [-0.2, -0.15) is 0 Å². The maximum Gasteiger partial charge on any atom is 0.235 e. The molecule has 0 saturated carbocycles. The summed E-state index contributed by atoms with van der Waals surface area (Å²) in [5, 5.41) is 2.74. The molecule has 1 aromatic rings. The minimum absolute atomic E-state index is 0.0242. The van der Waals surface area contributed by atoms with Crippen molar-refractivity contribution in [2.24, 2.45) is 0 Å². The second kappa shape index (κ2) is 5.96. The molecule has 1 N–H and O–H groups in total. The van der Waals surface area contributed by atoms with Crippen LogP contribution in [0.15, 0.2) is 12.1 Å². The van der Waals surface area contributed by atoms with Gasteiger partial charge in [-0.25, -0.2) is 0 Å². The molecule has 5 heteroatoms. The molecule has 0 bridgehead atoms. The summed E-state index contributed by atoms with van der Waals surface area (Å²) in [4.78, 5) is 11.1. The Morgan fingerprint density at radius 1 is 1.33 bits per heavy atom. The van der Waals surface area contributed by atoms with Crippen LogP contribution in [0.3, 0.4) is 0 Å². The summed E-state index contributed by atoms with van der Waals surface area (Å²) in [5.41, 5.74) is 2.08. The van der Waals surface area contributed by atoms with Gasteiger partial charge < -0.3 is 14.8 Å². The van der Waals surface area contributed by atoms with Crippen LogP contribution in [0.5, 0.6) is 11.5 Å². The minimum Gasteiger partial charge on any atom is -0.490 e. The van der Waals surface area contributed by atoms with Gasteiger partial charge in [-0.1, -0.05) is 0 Å². The first-order chi connectivity index (χ1) is 8.70. The van der Waals surface area contributed by atoms with Crippen molar-refractivity contribution in [3.8, 4) is 11.5 Å². The van der Waals surface area contributed by atoms with Crippen LogP contribution in [0, 0.1) is 6.92 Å². The highest BCUT2D eigenvalue weighted by Gasteiger charge is 2.13. The first kappa shape index (κ1) is 13.0. The number of halogens is 1. The van der Waals surface area contributed by atoms with Crippen molar-refractivity contribution in [1.82, 2.24) is 5.32 Å². The van der Waals surface area contributed by atoms with Crippen molar-refractivity contribution in [3.63, 3.8) is 0 Å². The van der Waals surface area contributed by atoms with Gasteiger partial charge in [0.05, 0.1) is 13.2 Å². The van der Waals surface area contributed by atoms with E-state index in [1.807, 2.05) is 19.1 Å². The Kier molecular flexibility index (Phi) is 4.31. The van der Waals surface area contributed by atoms with Crippen LogP contribution in [0.4, 0.5) is 0 Å². The third kappa shape index (κ3) is 3.07. The van der Waals surface area contributed by atoms with Crippen LogP contribution < -0.4 is 14.8 Å². The number of carbonyl (C=O) groups is 1. The molecule has 1 aromatic carbocycles. The molecule has 0 unspecified atom stereocenters. The normalized spacial score (nSPS) is 13.9. The maximum absolute atomic E-state index is 11.1. The SMILES string of the molecule is Cc1cc2c(cc1CNC(=O)CCl)OCCCO2. The first-order valence-corrected chi connectivity index (χ1v) is 6.46. The number of carbonyl (C=O) groups excluding carboxylic acids is 1. The number of aryl methyl sites for hydroxylation is 1. The molecule has 0 aliphatic carbocycles. The summed E-state index contributed by atoms with van der Waals surface area (Å²) in [5.74, 6) is 1.32.